The third kappa shape index (κ3) is 7.63. The molecule has 1 amide bonds. The predicted molar refractivity (Wildman–Crippen MR) is 137 cm³/mol. The van der Waals surface area contributed by atoms with Gasteiger partial charge in [-0.1, -0.05) is 42.5 Å². The van der Waals surface area contributed by atoms with Crippen molar-refractivity contribution in [1.82, 2.24) is 9.80 Å². The van der Waals surface area contributed by atoms with Gasteiger partial charge < -0.3 is 4.90 Å². The van der Waals surface area contributed by atoms with Crippen LogP contribution < -0.4 is 0 Å². The third-order valence-corrected chi connectivity index (χ3v) is 7.33. The van der Waals surface area contributed by atoms with Crippen molar-refractivity contribution in [3.8, 4) is 0 Å². The first-order chi connectivity index (χ1) is 18.8. The summed E-state index contributed by atoms with van der Waals surface area (Å²) in [6.07, 6.45) is -9.13. The average molecular weight is 585 g/mol. The van der Waals surface area contributed by atoms with Crippen LogP contribution in [-0.2, 0) is 41.8 Å². The Morgan fingerprint density at radius 1 is 0.775 bits per heavy atom. The maximum absolute atomic E-state index is 13.6. The molecule has 12 heteroatoms. The summed E-state index contributed by atoms with van der Waals surface area (Å²) in [5.41, 5.74) is -0.846. The highest BCUT2D eigenvalue weighted by Gasteiger charge is 2.35. The van der Waals surface area contributed by atoms with Crippen LogP contribution in [0, 0.1) is 0 Å². The molecule has 0 unspecified atom stereocenters. The van der Waals surface area contributed by atoms with Gasteiger partial charge in [-0.2, -0.15) is 26.3 Å². The number of rotatable bonds is 7. The van der Waals surface area contributed by atoms with Gasteiger partial charge in [0.15, 0.2) is 0 Å². The number of benzene rings is 3. The molecule has 1 saturated heterocycles. The predicted octanol–water partition coefficient (Wildman–Crippen LogP) is 5.40. The Bertz CT molecular complexity index is 1400. The molecule has 5 nitrogen and oxygen atoms in total. The van der Waals surface area contributed by atoms with Crippen molar-refractivity contribution in [3.05, 3.63) is 106 Å². The molecule has 3 aromatic rings. The quantitative estimate of drug-likeness (QED) is 0.298. The largest absolute Gasteiger partial charge is 0.416 e. The molecule has 40 heavy (non-hydrogen) atoms. The lowest BCUT2D eigenvalue weighted by atomic mass is 9.98. The molecule has 0 N–H and O–H groups in total. The SMILES string of the molecule is O=C(c1cc(C[SH](=O)=O)cc(C(F)(F)F)c1)N1CCN(Cc2ccccc2)C[C@H]1Cc1ccc(C(F)(F)F)cc1. The first-order valence-electron chi connectivity index (χ1n) is 12.4. The average Bonchev–Trinajstić information content (AvgIpc) is 2.88. The van der Waals surface area contributed by atoms with Gasteiger partial charge in [0.05, 0.1) is 16.9 Å². The van der Waals surface area contributed by atoms with Gasteiger partial charge in [-0.25, -0.2) is 8.42 Å². The van der Waals surface area contributed by atoms with E-state index in [9.17, 15) is 39.6 Å². The van der Waals surface area contributed by atoms with E-state index < -0.39 is 51.9 Å². The number of alkyl halides is 6. The molecule has 0 saturated carbocycles. The second-order valence-corrected chi connectivity index (χ2v) is 10.7. The van der Waals surface area contributed by atoms with Crippen molar-refractivity contribution in [2.24, 2.45) is 0 Å². The second kappa shape index (κ2) is 12.0. The summed E-state index contributed by atoms with van der Waals surface area (Å²) in [5, 5.41) is 0. The Morgan fingerprint density at radius 2 is 1.43 bits per heavy atom. The van der Waals surface area contributed by atoms with Crippen LogP contribution in [0.15, 0.2) is 72.8 Å². The summed E-state index contributed by atoms with van der Waals surface area (Å²) in [4.78, 5) is 17.1. The number of piperazine rings is 1. The van der Waals surface area contributed by atoms with Gasteiger partial charge in [0.25, 0.3) is 5.91 Å². The van der Waals surface area contributed by atoms with Crippen molar-refractivity contribution < 1.29 is 39.6 Å². The topological polar surface area (TPSA) is 57.7 Å². The minimum atomic E-state index is -4.80. The van der Waals surface area contributed by atoms with Crippen LogP contribution in [0.1, 0.15) is 38.2 Å². The Morgan fingerprint density at radius 3 is 2.02 bits per heavy atom. The minimum absolute atomic E-state index is 0.156. The first-order valence-corrected chi connectivity index (χ1v) is 13.7. The molecule has 214 valence electrons. The van der Waals surface area contributed by atoms with Gasteiger partial charge in [-0.05, 0) is 53.4 Å². The second-order valence-electron chi connectivity index (χ2n) is 9.68. The highest BCUT2D eigenvalue weighted by molar-refractivity contribution is 7.71. The molecule has 0 spiro atoms. The number of nitrogens with zero attached hydrogens (tertiary/aromatic N) is 2. The lowest BCUT2D eigenvalue weighted by Crippen LogP contribution is -2.55. The van der Waals surface area contributed by atoms with Crippen LogP contribution in [0.3, 0.4) is 0 Å². The van der Waals surface area contributed by atoms with Crippen molar-refractivity contribution in [3.63, 3.8) is 0 Å². The lowest BCUT2D eigenvalue weighted by molar-refractivity contribution is -0.138. The maximum Gasteiger partial charge on any atom is 0.416 e. The van der Waals surface area contributed by atoms with E-state index in [1.54, 1.807) is 0 Å². The standard InChI is InChI=1S/C28H26F6N2O3S/c29-27(30,31)23-8-6-19(7-9-23)14-25-17-35(16-20-4-2-1-3-5-20)10-11-36(25)26(37)22-12-21(18-40(38)39)13-24(15-22)28(32,33)34/h1-9,12-13,15,25,40H,10-11,14,16-18H2/t25-/m1/s1. The van der Waals surface area contributed by atoms with Crippen LogP contribution >= 0.6 is 0 Å². The number of carbonyl (C=O) groups is 1. The van der Waals surface area contributed by atoms with E-state index in [4.69, 9.17) is 0 Å². The fourth-order valence-electron chi connectivity index (χ4n) is 4.83. The Kier molecular flexibility index (Phi) is 8.89. The van der Waals surface area contributed by atoms with Crippen molar-refractivity contribution >= 4 is 16.6 Å². The van der Waals surface area contributed by atoms with Gasteiger partial charge in [0.1, 0.15) is 10.7 Å². The molecule has 0 aromatic heterocycles. The van der Waals surface area contributed by atoms with Crippen molar-refractivity contribution in [2.75, 3.05) is 19.6 Å². The van der Waals surface area contributed by atoms with Gasteiger partial charge >= 0.3 is 12.4 Å². The van der Waals surface area contributed by atoms with Gasteiger partial charge in [-0.15, -0.1) is 0 Å². The zero-order chi connectivity index (χ0) is 29.1. The van der Waals surface area contributed by atoms with E-state index in [1.807, 2.05) is 30.3 Å². The minimum Gasteiger partial charge on any atom is -0.333 e. The summed E-state index contributed by atoms with van der Waals surface area (Å²) in [5.74, 6) is -1.36. The summed E-state index contributed by atoms with van der Waals surface area (Å²) < 4.78 is 102. The van der Waals surface area contributed by atoms with Crippen LogP contribution in [0.5, 0.6) is 0 Å². The Labute approximate surface area is 229 Å². The molecule has 1 atom stereocenters. The fourth-order valence-corrected chi connectivity index (χ4v) is 5.31. The fraction of sp³-hybridized carbons (Fsp3) is 0.321. The van der Waals surface area contributed by atoms with Crippen LogP contribution in [0.2, 0.25) is 0 Å². The van der Waals surface area contributed by atoms with E-state index in [-0.39, 0.29) is 24.1 Å². The van der Waals surface area contributed by atoms with Crippen LogP contribution in [0.25, 0.3) is 0 Å². The number of hydrogen-bond acceptors (Lipinski definition) is 4. The summed E-state index contributed by atoms with van der Waals surface area (Å²) in [6.45, 7) is 1.47. The molecule has 0 radical (unpaired) electrons. The highest BCUT2D eigenvalue weighted by Crippen LogP contribution is 2.32. The molecule has 1 aliphatic heterocycles. The summed E-state index contributed by atoms with van der Waals surface area (Å²) in [7, 11) is -3.03. The van der Waals surface area contributed by atoms with Crippen molar-refractivity contribution in [1.29, 1.82) is 0 Å². The van der Waals surface area contributed by atoms with E-state index in [0.717, 1.165) is 23.8 Å². The Hall–Kier alpha value is -3.38. The molecular weight excluding hydrogens is 558 g/mol. The van der Waals surface area contributed by atoms with E-state index in [2.05, 4.69) is 4.90 Å². The number of carbonyl (C=O) groups excluding carboxylic acids is 1. The number of halogens is 6. The number of amides is 1. The van der Waals surface area contributed by atoms with Crippen molar-refractivity contribution in [2.45, 2.75) is 37.1 Å². The van der Waals surface area contributed by atoms with Crippen LogP contribution in [0.4, 0.5) is 26.3 Å². The van der Waals surface area contributed by atoms with E-state index in [1.165, 1.54) is 17.0 Å². The van der Waals surface area contributed by atoms with Gasteiger partial charge in [0.2, 0.25) is 0 Å². The van der Waals surface area contributed by atoms with Gasteiger partial charge in [-0.3, -0.25) is 9.69 Å². The zero-order valence-corrected chi connectivity index (χ0v) is 22.0. The highest BCUT2D eigenvalue weighted by atomic mass is 32.2. The molecule has 4 rings (SSSR count). The third-order valence-electron chi connectivity index (χ3n) is 6.71. The maximum atomic E-state index is 13.6. The molecule has 1 heterocycles. The molecule has 0 bridgehead atoms. The summed E-state index contributed by atoms with van der Waals surface area (Å²) >= 11 is 0. The molecule has 1 fully saturated rings. The molecule has 3 aromatic carbocycles. The lowest BCUT2D eigenvalue weighted by Gasteiger charge is -2.42. The summed E-state index contributed by atoms with van der Waals surface area (Å²) in [6, 6.07) is 16.1. The number of thiol groups is 1. The smallest absolute Gasteiger partial charge is 0.333 e. The van der Waals surface area contributed by atoms with Gasteiger partial charge in [0, 0.05) is 37.8 Å². The Balaban J connectivity index is 1.64. The van der Waals surface area contributed by atoms with Crippen LogP contribution in [-0.4, -0.2) is 49.8 Å². The molecular formula is C28H26F6N2O3S. The van der Waals surface area contributed by atoms with E-state index >= 15 is 0 Å². The number of hydrogen-bond donors (Lipinski definition) is 1. The first kappa shape index (κ1) is 29.6. The molecule has 1 aliphatic rings. The van der Waals surface area contributed by atoms with E-state index in [0.29, 0.717) is 37.3 Å². The normalized spacial score (nSPS) is 16.9. The zero-order valence-electron chi connectivity index (χ0n) is 21.1. The molecule has 0 aliphatic carbocycles. The monoisotopic (exact) mass is 584 g/mol.